The molecule has 1 aliphatic carbocycles. The van der Waals surface area contributed by atoms with Crippen LogP contribution >= 0.6 is 23.2 Å². The molecule has 0 unspecified atom stereocenters. The van der Waals surface area contributed by atoms with Crippen molar-refractivity contribution in [3.05, 3.63) is 74.4 Å². The van der Waals surface area contributed by atoms with Crippen LogP contribution in [0.25, 0.3) is 10.9 Å². The predicted molar refractivity (Wildman–Crippen MR) is 113 cm³/mol. The summed E-state index contributed by atoms with van der Waals surface area (Å²) in [5, 5.41) is 8.87. The first kappa shape index (κ1) is 18.4. The van der Waals surface area contributed by atoms with Crippen molar-refractivity contribution in [2.24, 2.45) is 5.92 Å². The Labute approximate surface area is 167 Å². The van der Waals surface area contributed by atoms with E-state index in [0.29, 0.717) is 27.4 Å². The van der Waals surface area contributed by atoms with E-state index in [4.69, 9.17) is 23.2 Å². The minimum absolute atomic E-state index is 0.0368. The van der Waals surface area contributed by atoms with Crippen molar-refractivity contribution in [2.45, 2.75) is 25.4 Å². The van der Waals surface area contributed by atoms with Crippen LogP contribution in [0.3, 0.4) is 0 Å². The summed E-state index contributed by atoms with van der Waals surface area (Å²) in [7, 11) is 0. The molecule has 3 aromatic rings. The Balaban J connectivity index is 1.33. The highest BCUT2D eigenvalue weighted by molar-refractivity contribution is 6.42. The monoisotopic (exact) mass is 401 g/mol. The summed E-state index contributed by atoms with van der Waals surface area (Å²) < 4.78 is 0. The van der Waals surface area contributed by atoms with E-state index in [-0.39, 0.29) is 5.43 Å². The highest BCUT2D eigenvalue weighted by Crippen LogP contribution is 2.28. The maximum Gasteiger partial charge on any atom is 0.191 e. The van der Waals surface area contributed by atoms with Gasteiger partial charge in [-0.1, -0.05) is 41.4 Å². The van der Waals surface area contributed by atoms with Crippen molar-refractivity contribution >= 4 is 39.9 Å². The second kappa shape index (κ2) is 7.93. The molecule has 2 atom stereocenters. The molecular weight excluding hydrogens is 381 g/mol. The molecule has 27 heavy (non-hydrogen) atoms. The first-order chi connectivity index (χ1) is 13.1. The largest absolute Gasteiger partial charge is 0.371 e. The van der Waals surface area contributed by atoms with Crippen LogP contribution < -0.4 is 16.1 Å². The molecule has 3 N–H and O–H groups in total. The highest BCUT2D eigenvalue weighted by Gasteiger charge is 2.30. The summed E-state index contributed by atoms with van der Waals surface area (Å²) in [4.78, 5) is 15.5. The summed E-state index contributed by atoms with van der Waals surface area (Å²) >= 11 is 12.0. The van der Waals surface area contributed by atoms with Crippen LogP contribution in [0.2, 0.25) is 10.0 Å². The molecule has 140 valence electrons. The number of fused-ring (bicyclic) bond motifs is 1. The van der Waals surface area contributed by atoms with Crippen molar-refractivity contribution in [1.29, 1.82) is 0 Å². The van der Waals surface area contributed by atoms with Crippen molar-refractivity contribution in [3.63, 3.8) is 0 Å². The van der Waals surface area contributed by atoms with Gasteiger partial charge in [-0.2, -0.15) is 0 Å². The molecule has 0 bridgehead atoms. The Hall–Kier alpha value is -2.01. The van der Waals surface area contributed by atoms with Gasteiger partial charge in [0.05, 0.1) is 15.6 Å². The first-order valence-corrected chi connectivity index (χ1v) is 9.89. The van der Waals surface area contributed by atoms with Gasteiger partial charge in [-0.05, 0) is 48.6 Å². The Morgan fingerprint density at radius 1 is 1.04 bits per heavy atom. The number of hydrogen-bond acceptors (Lipinski definition) is 3. The van der Waals surface area contributed by atoms with E-state index in [1.54, 1.807) is 6.07 Å². The van der Waals surface area contributed by atoms with Crippen LogP contribution in [0.4, 0.5) is 5.82 Å². The molecule has 1 aromatic heterocycles. The zero-order chi connectivity index (χ0) is 18.8. The van der Waals surface area contributed by atoms with Crippen LogP contribution in [0.1, 0.15) is 18.4 Å². The number of rotatable bonds is 6. The van der Waals surface area contributed by atoms with Gasteiger partial charge in [0.1, 0.15) is 5.82 Å². The molecule has 4 rings (SSSR count). The first-order valence-electron chi connectivity index (χ1n) is 9.13. The maximum absolute atomic E-state index is 12.2. The van der Waals surface area contributed by atoms with Crippen LogP contribution in [0, 0.1) is 5.92 Å². The number of aromatic nitrogens is 1. The SMILES string of the molecule is O=c1cc(NC[C@@H]2CC[C@@H]2NCc2ccc(Cl)c(Cl)c2)[nH]c2ccccc12. The van der Waals surface area contributed by atoms with E-state index >= 15 is 0 Å². The smallest absolute Gasteiger partial charge is 0.191 e. The van der Waals surface area contributed by atoms with Gasteiger partial charge in [0, 0.05) is 30.6 Å². The minimum Gasteiger partial charge on any atom is -0.371 e. The van der Waals surface area contributed by atoms with Crippen LogP contribution in [0.15, 0.2) is 53.3 Å². The lowest BCUT2D eigenvalue weighted by Gasteiger charge is -2.37. The van der Waals surface area contributed by atoms with E-state index in [2.05, 4.69) is 15.6 Å². The van der Waals surface area contributed by atoms with E-state index in [9.17, 15) is 4.79 Å². The van der Waals surface area contributed by atoms with E-state index in [1.165, 1.54) is 6.42 Å². The number of aromatic amines is 1. The third-order valence-corrected chi connectivity index (χ3v) is 6.00. The summed E-state index contributed by atoms with van der Waals surface area (Å²) in [6.45, 7) is 1.60. The topological polar surface area (TPSA) is 56.9 Å². The third-order valence-electron chi connectivity index (χ3n) is 5.26. The molecule has 0 spiro atoms. The van der Waals surface area contributed by atoms with Crippen molar-refractivity contribution in [1.82, 2.24) is 10.3 Å². The Morgan fingerprint density at radius 3 is 2.67 bits per heavy atom. The molecule has 0 radical (unpaired) electrons. The van der Waals surface area contributed by atoms with Gasteiger partial charge in [0.2, 0.25) is 0 Å². The minimum atomic E-state index is 0.0368. The van der Waals surface area contributed by atoms with Gasteiger partial charge in [-0.3, -0.25) is 4.79 Å². The fraction of sp³-hybridized carbons (Fsp3) is 0.286. The van der Waals surface area contributed by atoms with Gasteiger partial charge >= 0.3 is 0 Å². The quantitative estimate of drug-likeness (QED) is 0.554. The van der Waals surface area contributed by atoms with Gasteiger partial charge in [-0.25, -0.2) is 0 Å². The zero-order valence-electron chi connectivity index (χ0n) is 14.8. The summed E-state index contributed by atoms with van der Waals surface area (Å²) in [6, 6.07) is 15.4. The zero-order valence-corrected chi connectivity index (χ0v) is 16.3. The Morgan fingerprint density at radius 2 is 1.89 bits per heavy atom. The van der Waals surface area contributed by atoms with Crippen LogP contribution in [-0.4, -0.2) is 17.6 Å². The fourth-order valence-corrected chi connectivity index (χ4v) is 3.83. The number of hydrogen-bond donors (Lipinski definition) is 3. The van der Waals surface area contributed by atoms with Gasteiger partial charge in [-0.15, -0.1) is 0 Å². The Kier molecular flexibility index (Phi) is 5.39. The average Bonchev–Trinajstić information content (AvgIpc) is 2.64. The van der Waals surface area contributed by atoms with Crippen molar-refractivity contribution < 1.29 is 0 Å². The molecule has 1 fully saturated rings. The van der Waals surface area contributed by atoms with Crippen LogP contribution in [0.5, 0.6) is 0 Å². The van der Waals surface area contributed by atoms with Crippen LogP contribution in [-0.2, 0) is 6.54 Å². The summed E-state index contributed by atoms with van der Waals surface area (Å²) in [5.74, 6) is 1.30. The van der Waals surface area contributed by atoms with E-state index in [0.717, 1.165) is 36.4 Å². The van der Waals surface area contributed by atoms with E-state index in [1.807, 2.05) is 42.5 Å². The molecule has 0 amide bonds. The number of halogens is 2. The highest BCUT2D eigenvalue weighted by atomic mass is 35.5. The van der Waals surface area contributed by atoms with Gasteiger partial charge in [0.25, 0.3) is 0 Å². The lowest BCUT2D eigenvalue weighted by atomic mass is 9.79. The van der Waals surface area contributed by atoms with Crippen molar-refractivity contribution in [3.8, 4) is 0 Å². The summed E-state index contributed by atoms with van der Waals surface area (Å²) in [6.07, 6.45) is 2.33. The molecule has 0 aliphatic heterocycles. The molecule has 1 heterocycles. The second-order valence-electron chi connectivity index (χ2n) is 7.05. The third kappa shape index (κ3) is 4.13. The lowest BCUT2D eigenvalue weighted by Crippen LogP contribution is -2.46. The second-order valence-corrected chi connectivity index (χ2v) is 7.86. The molecule has 2 aromatic carbocycles. The number of anilines is 1. The lowest BCUT2D eigenvalue weighted by molar-refractivity contribution is 0.220. The van der Waals surface area contributed by atoms with Gasteiger partial charge in [0.15, 0.2) is 5.43 Å². The van der Waals surface area contributed by atoms with Crippen molar-refractivity contribution in [2.75, 3.05) is 11.9 Å². The molecule has 6 heteroatoms. The molecule has 0 saturated heterocycles. The van der Waals surface area contributed by atoms with E-state index < -0.39 is 0 Å². The maximum atomic E-state index is 12.2. The predicted octanol–water partition coefficient (Wildman–Crippen LogP) is 4.82. The average molecular weight is 402 g/mol. The number of benzene rings is 2. The number of para-hydroxylation sites is 1. The molecule has 1 aliphatic rings. The Bertz CT molecular complexity index is 1020. The normalized spacial score (nSPS) is 19.0. The number of nitrogens with one attached hydrogen (secondary N) is 3. The molecule has 1 saturated carbocycles. The molecule has 4 nitrogen and oxygen atoms in total. The van der Waals surface area contributed by atoms with Gasteiger partial charge < -0.3 is 15.6 Å². The molecular formula is C21H21Cl2N3O. The standard InChI is InChI=1S/C21H21Cl2N3O/c22-16-7-5-13(9-17(16)23)11-24-18-8-6-14(18)12-25-21-10-20(27)15-3-1-2-4-19(15)26-21/h1-5,7,9-10,14,18,24H,6,8,11-12H2,(H2,25,26,27)/t14-,18-/m0/s1. The number of pyridine rings is 1. The fourth-order valence-electron chi connectivity index (χ4n) is 3.51. The summed E-state index contributed by atoms with van der Waals surface area (Å²) in [5.41, 5.74) is 2.02. The number of H-pyrrole nitrogens is 1.